The van der Waals surface area contributed by atoms with Crippen molar-refractivity contribution in [3.63, 3.8) is 0 Å². The van der Waals surface area contributed by atoms with Crippen LogP contribution in [-0.2, 0) is 0 Å². The molecule has 2 aliphatic carbocycles. The molecule has 0 saturated heterocycles. The van der Waals surface area contributed by atoms with Crippen LogP contribution in [0.5, 0.6) is 0 Å². The first-order chi connectivity index (χ1) is 6.01. The van der Waals surface area contributed by atoms with Crippen LogP contribution in [0.3, 0.4) is 0 Å². The van der Waals surface area contributed by atoms with Gasteiger partial charge in [0.1, 0.15) is 5.71 Å². The maximum Gasteiger partial charge on any atom is 0.190 e. The zero-order valence-corrected chi connectivity index (χ0v) is 7.99. The van der Waals surface area contributed by atoms with E-state index in [1.54, 1.807) is 0 Å². The van der Waals surface area contributed by atoms with E-state index in [4.69, 9.17) is 0 Å². The summed E-state index contributed by atoms with van der Waals surface area (Å²) in [5, 5.41) is 13.3. The van der Waals surface area contributed by atoms with E-state index < -0.39 is 5.03 Å². The second-order valence-corrected chi connectivity index (χ2v) is 4.65. The Balaban J connectivity index is 2.34. The summed E-state index contributed by atoms with van der Waals surface area (Å²) >= 11 is 0. The van der Waals surface area contributed by atoms with Crippen molar-refractivity contribution in [2.75, 3.05) is 0 Å². The van der Waals surface area contributed by atoms with E-state index in [0.29, 0.717) is 11.8 Å². The van der Waals surface area contributed by atoms with Crippen molar-refractivity contribution >= 4 is 5.71 Å². The van der Waals surface area contributed by atoms with E-state index in [-0.39, 0.29) is 5.41 Å². The molecule has 2 saturated carbocycles. The predicted molar refractivity (Wildman–Crippen MR) is 49.0 cm³/mol. The molecule has 0 N–H and O–H groups in total. The minimum Gasteiger partial charge on any atom is -0.233 e. The van der Waals surface area contributed by atoms with Gasteiger partial charge < -0.3 is 0 Å². The lowest BCUT2D eigenvalue weighted by atomic mass is 9.75. The summed E-state index contributed by atoms with van der Waals surface area (Å²) in [5.41, 5.74) is 0.796. The molecule has 2 rings (SSSR count). The summed E-state index contributed by atoms with van der Waals surface area (Å²) < 4.78 is 0. The number of rotatable bonds is 1. The average molecular weight is 182 g/mol. The van der Waals surface area contributed by atoms with Gasteiger partial charge in [-0.1, -0.05) is 13.8 Å². The van der Waals surface area contributed by atoms with Crippen LogP contribution in [0.4, 0.5) is 0 Å². The topological polar surface area (TPSA) is 55.5 Å². The van der Waals surface area contributed by atoms with Gasteiger partial charge in [-0.05, 0) is 25.2 Å². The minimum atomic E-state index is -0.544. The molecule has 0 aromatic heterocycles. The van der Waals surface area contributed by atoms with E-state index in [1.807, 2.05) is 0 Å². The Bertz CT molecular complexity index is 283. The fourth-order valence-corrected chi connectivity index (χ4v) is 2.92. The number of fused-ring (bicyclic) bond motifs is 2. The summed E-state index contributed by atoms with van der Waals surface area (Å²) in [6.45, 7) is 4.16. The molecule has 0 spiro atoms. The minimum absolute atomic E-state index is 0.0318. The summed E-state index contributed by atoms with van der Waals surface area (Å²) in [4.78, 5) is 10.3. The summed E-state index contributed by atoms with van der Waals surface area (Å²) in [6.07, 6.45) is 3.43. The molecular weight excluding hydrogens is 168 g/mol. The smallest absolute Gasteiger partial charge is 0.190 e. The first-order valence-electron chi connectivity index (χ1n) is 4.75. The lowest BCUT2D eigenvalue weighted by Gasteiger charge is -2.29. The van der Waals surface area contributed by atoms with Gasteiger partial charge >= 0.3 is 0 Å². The highest BCUT2D eigenvalue weighted by Gasteiger charge is 2.52. The Hall–Kier alpha value is -0.930. The van der Waals surface area contributed by atoms with Gasteiger partial charge in [0, 0.05) is 11.3 Å². The molecule has 0 radical (unpaired) electrons. The maximum atomic E-state index is 10.3. The third kappa shape index (κ3) is 1.16. The van der Waals surface area contributed by atoms with Gasteiger partial charge in [0.15, 0.2) is 5.03 Å². The Kier molecular flexibility index (Phi) is 1.68. The Labute approximate surface area is 77.2 Å². The predicted octanol–water partition coefficient (Wildman–Crippen LogP) is 2.08. The van der Waals surface area contributed by atoms with E-state index in [9.17, 15) is 10.1 Å². The maximum absolute atomic E-state index is 10.3. The highest BCUT2D eigenvalue weighted by molar-refractivity contribution is 5.94. The van der Waals surface area contributed by atoms with Gasteiger partial charge in [-0.2, -0.15) is 0 Å². The summed E-state index contributed by atoms with van der Waals surface area (Å²) in [6, 6.07) is 0. The van der Waals surface area contributed by atoms with Crippen LogP contribution in [0, 0.1) is 27.4 Å². The van der Waals surface area contributed by atoms with Crippen LogP contribution in [0.15, 0.2) is 5.10 Å². The van der Waals surface area contributed by atoms with Crippen LogP contribution < -0.4 is 0 Å². The number of hydrogen-bond donors (Lipinski definition) is 0. The Morgan fingerprint density at radius 2 is 2.23 bits per heavy atom. The highest BCUT2D eigenvalue weighted by atomic mass is 16.7. The second kappa shape index (κ2) is 2.53. The van der Waals surface area contributed by atoms with Gasteiger partial charge in [0.05, 0.1) is 5.10 Å². The quantitative estimate of drug-likeness (QED) is 0.460. The van der Waals surface area contributed by atoms with Crippen molar-refractivity contribution in [2.24, 2.45) is 22.4 Å². The first-order valence-corrected chi connectivity index (χ1v) is 4.75. The number of nitro groups is 1. The zero-order chi connectivity index (χ0) is 9.64. The monoisotopic (exact) mass is 182 g/mol. The molecule has 0 amide bonds. The van der Waals surface area contributed by atoms with Crippen molar-refractivity contribution in [1.82, 2.24) is 0 Å². The molecule has 13 heavy (non-hydrogen) atoms. The average Bonchev–Trinajstić information content (AvgIpc) is 2.53. The van der Waals surface area contributed by atoms with Gasteiger partial charge in [-0.3, -0.25) is 0 Å². The van der Waals surface area contributed by atoms with Crippen LogP contribution in [-0.4, -0.2) is 10.7 Å². The molecule has 2 fully saturated rings. The Morgan fingerprint density at radius 1 is 1.54 bits per heavy atom. The molecule has 4 heteroatoms. The summed E-state index contributed by atoms with van der Waals surface area (Å²) in [7, 11) is 0. The molecule has 0 aromatic rings. The number of hydrogen-bond acceptors (Lipinski definition) is 2. The third-order valence-corrected chi connectivity index (χ3v) is 3.69. The van der Waals surface area contributed by atoms with Crippen molar-refractivity contribution < 1.29 is 5.03 Å². The Morgan fingerprint density at radius 3 is 2.69 bits per heavy atom. The van der Waals surface area contributed by atoms with Crippen molar-refractivity contribution in [1.29, 1.82) is 0 Å². The van der Waals surface area contributed by atoms with Crippen LogP contribution in [0.2, 0.25) is 0 Å². The number of hydrazone groups is 1. The molecule has 4 nitrogen and oxygen atoms in total. The second-order valence-electron chi connectivity index (χ2n) is 4.65. The van der Waals surface area contributed by atoms with Crippen molar-refractivity contribution in [2.45, 2.75) is 33.1 Å². The molecule has 0 aromatic carbocycles. The van der Waals surface area contributed by atoms with Crippen LogP contribution in [0.1, 0.15) is 33.1 Å². The molecule has 2 aliphatic rings. The molecule has 2 bridgehead atoms. The van der Waals surface area contributed by atoms with E-state index in [1.165, 1.54) is 6.42 Å². The molecular formula is C9H14N2O2. The van der Waals surface area contributed by atoms with E-state index in [0.717, 1.165) is 18.6 Å². The van der Waals surface area contributed by atoms with Gasteiger partial charge in [-0.15, -0.1) is 0 Å². The zero-order valence-electron chi connectivity index (χ0n) is 7.99. The normalized spacial score (nSPS) is 38.5. The SMILES string of the molecule is CC1(C)/C(=N\[N+](=O)[O-])C2CCC1C2. The first kappa shape index (κ1) is 8.66. The molecule has 2 atom stereocenters. The molecule has 72 valence electrons. The lowest BCUT2D eigenvalue weighted by molar-refractivity contribution is -0.485. The largest absolute Gasteiger partial charge is 0.233 e. The van der Waals surface area contributed by atoms with Gasteiger partial charge in [0.2, 0.25) is 0 Å². The van der Waals surface area contributed by atoms with E-state index >= 15 is 0 Å². The van der Waals surface area contributed by atoms with Gasteiger partial charge in [0.25, 0.3) is 0 Å². The molecule has 0 aliphatic heterocycles. The third-order valence-electron chi connectivity index (χ3n) is 3.69. The van der Waals surface area contributed by atoms with Crippen LogP contribution in [0.25, 0.3) is 0 Å². The molecule has 0 heterocycles. The van der Waals surface area contributed by atoms with Crippen molar-refractivity contribution in [3.8, 4) is 0 Å². The van der Waals surface area contributed by atoms with Crippen molar-refractivity contribution in [3.05, 3.63) is 10.1 Å². The summed E-state index contributed by atoms with van der Waals surface area (Å²) in [5.74, 6) is 1.02. The van der Waals surface area contributed by atoms with Gasteiger partial charge in [-0.25, -0.2) is 10.1 Å². The highest BCUT2D eigenvalue weighted by Crippen LogP contribution is 2.53. The standard InChI is InChI=1S/C9H14N2O2/c1-9(2)7-4-3-6(5-7)8(9)10-11(12)13/h6-7H,3-5H2,1-2H3/b10-8-. The fourth-order valence-electron chi connectivity index (χ4n) is 2.92. The lowest BCUT2D eigenvalue weighted by Crippen LogP contribution is -2.31. The van der Waals surface area contributed by atoms with Crippen LogP contribution >= 0.6 is 0 Å². The molecule has 2 unspecified atom stereocenters. The fraction of sp³-hybridized carbons (Fsp3) is 0.889. The number of nitrogens with zero attached hydrogens (tertiary/aromatic N) is 2. The van der Waals surface area contributed by atoms with E-state index in [2.05, 4.69) is 18.9 Å².